The molecule has 1 aliphatic rings. The molecule has 6 heteroatoms. The van der Waals surface area contributed by atoms with Crippen LogP contribution in [0.1, 0.15) is 19.3 Å². The summed E-state index contributed by atoms with van der Waals surface area (Å²) in [5.74, 6) is 0.168. The van der Waals surface area contributed by atoms with Crippen LogP contribution in [0, 0.1) is 5.92 Å². The number of nitrogens with one attached hydrogen (secondary N) is 2. The van der Waals surface area contributed by atoms with Gasteiger partial charge in [0.25, 0.3) is 0 Å². The van der Waals surface area contributed by atoms with E-state index in [1.807, 2.05) is 6.07 Å². The van der Waals surface area contributed by atoms with Crippen LogP contribution in [-0.4, -0.2) is 22.0 Å². The maximum absolute atomic E-state index is 12.0. The van der Waals surface area contributed by atoms with Crippen LogP contribution >= 0.6 is 0 Å². The number of nitrogens with zero attached hydrogens (tertiary/aromatic N) is 1. The lowest BCUT2D eigenvalue weighted by Gasteiger charge is -2.24. The average molecular weight is 287 g/mol. The average Bonchev–Trinajstić information content (AvgIpc) is 2.41. The predicted octanol–water partition coefficient (Wildman–Crippen LogP) is 0.606. The molecular weight excluding hydrogens is 270 g/mol. The second kappa shape index (κ2) is 5.55. The Labute approximate surface area is 120 Å². The lowest BCUT2D eigenvalue weighted by Crippen LogP contribution is -2.40. The summed E-state index contributed by atoms with van der Waals surface area (Å²) in [5, 5.41) is 2.83. The first-order valence-electron chi connectivity index (χ1n) is 7.16. The summed E-state index contributed by atoms with van der Waals surface area (Å²) in [6.45, 7) is 0.643. The molecule has 110 valence electrons. The van der Waals surface area contributed by atoms with Crippen molar-refractivity contribution in [1.29, 1.82) is 0 Å². The van der Waals surface area contributed by atoms with Crippen LogP contribution in [-0.2, 0) is 11.3 Å². The van der Waals surface area contributed by atoms with Crippen LogP contribution in [0.25, 0.3) is 11.0 Å². The third kappa shape index (κ3) is 2.61. The van der Waals surface area contributed by atoms with Gasteiger partial charge in [-0.1, -0.05) is 18.6 Å². The zero-order valence-corrected chi connectivity index (χ0v) is 11.6. The van der Waals surface area contributed by atoms with Crippen molar-refractivity contribution in [3.63, 3.8) is 0 Å². The van der Waals surface area contributed by atoms with Crippen LogP contribution in [0.2, 0.25) is 0 Å². The highest BCUT2D eigenvalue weighted by atomic mass is 16.2. The molecule has 1 fully saturated rings. The Hall–Kier alpha value is -2.37. The molecule has 2 aromatic rings. The maximum atomic E-state index is 12.0. The van der Waals surface area contributed by atoms with Gasteiger partial charge >= 0.3 is 11.1 Å². The molecule has 6 nitrogen and oxygen atoms in total. The van der Waals surface area contributed by atoms with E-state index in [0.717, 1.165) is 19.3 Å². The molecule has 0 unspecified atom stereocenters. The number of para-hydroxylation sites is 2. The molecular formula is C15H17N3O3. The van der Waals surface area contributed by atoms with Crippen molar-refractivity contribution in [2.45, 2.75) is 25.8 Å². The molecule has 0 spiro atoms. The van der Waals surface area contributed by atoms with Gasteiger partial charge in [-0.2, -0.15) is 0 Å². The summed E-state index contributed by atoms with van der Waals surface area (Å²) in [6.07, 6.45) is 3.00. The molecule has 21 heavy (non-hydrogen) atoms. The normalized spacial score (nSPS) is 14.9. The quantitative estimate of drug-likeness (QED) is 0.808. The van der Waals surface area contributed by atoms with E-state index in [1.165, 1.54) is 4.57 Å². The van der Waals surface area contributed by atoms with E-state index in [9.17, 15) is 14.4 Å². The first-order valence-corrected chi connectivity index (χ1v) is 7.16. The van der Waals surface area contributed by atoms with Crippen LogP contribution < -0.4 is 16.4 Å². The molecule has 2 N–H and O–H groups in total. The molecule has 3 rings (SSSR count). The minimum absolute atomic E-state index is 0.0449. The standard InChI is InChI=1S/C15H17N3O3/c19-13(10-4-3-5-10)16-8-9-18-12-7-2-1-6-11(12)17-14(20)15(18)21/h1-2,6-7,10H,3-5,8-9H2,(H,16,19)(H,17,20). The van der Waals surface area contributed by atoms with Crippen molar-refractivity contribution >= 4 is 16.9 Å². The smallest absolute Gasteiger partial charge is 0.316 e. The summed E-state index contributed by atoms with van der Waals surface area (Å²) in [5.41, 5.74) is 0.0537. The second-order valence-corrected chi connectivity index (χ2v) is 5.35. The third-order valence-electron chi connectivity index (χ3n) is 3.99. The Bertz CT molecular complexity index is 787. The fraction of sp³-hybridized carbons (Fsp3) is 0.400. The summed E-state index contributed by atoms with van der Waals surface area (Å²) >= 11 is 0. The molecule has 1 amide bonds. The molecule has 1 heterocycles. The van der Waals surface area contributed by atoms with Crippen molar-refractivity contribution in [1.82, 2.24) is 14.9 Å². The highest BCUT2D eigenvalue weighted by Crippen LogP contribution is 2.25. The van der Waals surface area contributed by atoms with Crippen LogP contribution in [0.3, 0.4) is 0 Å². The number of aromatic nitrogens is 2. The van der Waals surface area contributed by atoms with E-state index >= 15 is 0 Å². The molecule has 1 aromatic heterocycles. The Kier molecular flexibility index (Phi) is 3.60. The number of H-pyrrole nitrogens is 1. The fourth-order valence-electron chi connectivity index (χ4n) is 2.55. The number of fused-ring (bicyclic) bond motifs is 1. The van der Waals surface area contributed by atoms with Gasteiger partial charge in [-0.05, 0) is 25.0 Å². The SMILES string of the molecule is O=C(NCCn1c(=O)c(=O)[nH]c2ccccc21)C1CCC1. The summed E-state index contributed by atoms with van der Waals surface area (Å²) < 4.78 is 1.41. The van der Waals surface area contributed by atoms with Crippen LogP contribution in [0.15, 0.2) is 33.9 Å². The number of rotatable bonds is 4. The number of hydrogen-bond donors (Lipinski definition) is 2. The fourth-order valence-corrected chi connectivity index (χ4v) is 2.55. The molecule has 0 radical (unpaired) electrons. The van der Waals surface area contributed by atoms with Gasteiger partial charge in [-0.3, -0.25) is 14.4 Å². The number of benzene rings is 1. The van der Waals surface area contributed by atoms with E-state index in [2.05, 4.69) is 10.3 Å². The number of aromatic amines is 1. The van der Waals surface area contributed by atoms with Crippen molar-refractivity contribution in [2.75, 3.05) is 6.54 Å². The molecule has 0 aliphatic heterocycles. The van der Waals surface area contributed by atoms with Gasteiger partial charge in [0, 0.05) is 19.0 Å². The zero-order chi connectivity index (χ0) is 14.8. The summed E-state index contributed by atoms with van der Waals surface area (Å²) in [6, 6.07) is 7.13. The molecule has 1 saturated carbocycles. The lowest BCUT2D eigenvalue weighted by atomic mass is 9.85. The van der Waals surface area contributed by atoms with E-state index < -0.39 is 11.1 Å². The minimum Gasteiger partial charge on any atom is -0.354 e. The van der Waals surface area contributed by atoms with E-state index in [-0.39, 0.29) is 11.8 Å². The zero-order valence-electron chi connectivity index (χ0n) is 11.6. The molecule has 0 bridgehead atoms. The van der Waals surface area contributed by atoms with E-state index in [1.54, 1.807) is 18.2 Å². The largest absolute Gasteiger partial charge is 0.354 e. The van der Waals surface area contributed by atoms with E-state index in [0.29, 0.717) is 24.1 Å². The Morgan fingerprint density at radius 1 is 1.29 bits per heavy atom. The number of amides is 1. The van der Waals surface area contributed by atoms with Gasteiger partial charge in [-0.25, -0.2) is 0 Å². The Morgan fingerprint density at radius 2 is 2.05 bits per heavy atom. The highest BCUT2D eigenvalue weighted by Gasteiger charge is 2.24. The molecule has 0 saturated heterocycles. The van der Waals surface area contributed by atoms with Gasteiger partial charge in [0.2, 0.25) is 5.91 Å². The van der Waals surface area contributed by atoms with Gasteiger partial charge in [0.05, 0.1) is 11.0 Å². The van der Waals surface area contributed by atoms with Crippen molar-refractivity contribution in [3.8, 4) is 0 Å². The Balaban J connectivity index is 1.79. The first-order chi connectivity index (χ1) is 10.2. The van der Waals surface area contributed by atoms with Crippen LogP contribution in [0.4, 0.5) is 0 Å². The van der Waals surface area contributed by atoms with Gasteiger partial charge in [0.15, 0.2) is 0 Å². The molecule has 1 aliphatic carbocycles. The maximum Gasteiger partial charge on any atom is 0.316 e. The summed E-state index contributed by atoms with van der Waals surface area (Å²) in [4.78, 5) is 37.9. The van der Waals surface area contributed by atoms with Crippen LogP contribution in [0.5, 0.6) is 0 Å². The van der Waals surface area contributed by atoms with Crippen molar-refractivity contribution in [2.24, 2.45) is 5.92 Å². The number of carbonyl (C=O) groups excluding carboxylic acids is 1. The minimum atomic E-state index is -0.640. The lowest BCUT2D eigenvalue weighted by molar-refractivity contribution is -0.127. The number of hydrogen-bond acceptors (Lipinski definition) is 3. The van der Waals surface area contributed by atoms with Crippen molar-refractivity contribution < 1.29 is 4.79 Å². The van der Waals surface area contributed by atoms with Gasteiger partial charge in [-0.15, -0.1) is 0 Å². The predicted molar refractivity (Wildman–Crippen MR) is 79.2 cm³/mol. The highest BCUT2D eigenvalue weighted by molar-refractivity contribution is 5.79. The summed E-state index contributed by atoms with van der Waals surface area (Å²) in [7, 11) is 0. The monoisotopic (exact) mass is 287 g/mol. The van der Waals surface area contributed by atoms with E-state index in [4.69, 9.17) is 0 Å². The molecule has 0 atom stereocenters. The second-order valence-electron chi connectivity index (χ2n) is 5.35. The van der Waals surface area contributed by atoms with Gasteiger partial charge in [0.1, 0.15) is 0 Å². The first kappa shape index (κ1) is 13.6. The Morgan fingerprint density at radius 3 is 2.76 bits per heavy atom. The van der Waals surface area contributed by atoms with Gasteiger partial charge < -0.3 is 14.9 Å². The molecule has 1 aromatic carbocycles. The number of carbonyl (C=O) groups is 1. The topological polar surface area (TPSA) is 84.0 Å². The third-order valence-corrected chi connectivity index (χ3v) is 3.99. The van der Waals surface area contributed by atoms with Crippen molar-refractivity contribution in [3.05, 3.63) is 45.0 Å².